The highest BCUT2D eigenvalue weighted by Crippen LogP contribution is 2.31. The molecule has 2 aromatic carbocycles. The predicted molar refractivity (Wildman–Crippen MR) is 108 cm³/mol. The molecule has 0 saturated carbocycles. The number of ketones is 3. The van der Waals surface area contributed by atoms with Crippen molar-refractivity contribution in [1.29, 1.82) is 0 Å². The number of rotatable bonds is 3. The second-order valence-electron chi connectivity index (χ2n) is 6.66. The molecule has 0 spiro atoms. The van der Waals surface area contributed by atoms with E-state index in [4.69, 9.17) is 11.5 Å². The number of Topliss-reactive ketones (excluding diaryl/α,β-unsaturated/α-hetero) is 3. The Kier molecular flexibility index (Phi) is 4.24. The molecule has 0 heterocycles. The third kappa shape index (κ3) is 2.96. The highest BCUT2D eigenvalue weighted by Gasteiger charge is 2.32. The van der Waals surface area contributed by atoms with Crippen LogP contribution >= 0.6 is 0 Å². The number of allylic oxidation sites excluding steroid dienone is 7. The normalized spacial score (nSPS) is 17.2. The molecule has 0 unspecified atom stereocenters. The van der Waals surface area contributed by atoms with Gasteiger partial charge in [-0.05, 0) is 48.0 Å². The molecule has 2 aromatic rings. The molecule has 0 aromatic heterocycles. The summed E-state index contributed by atoms with van der Waals surface area (Å²) < 4.78 is 0. The maximum Gasteiger partial charge on any atom is 0.197 e. The summed E-state index contributed by atoms with van der Waals surface area (Å²) >= 11 is 0. The number of nitrogen functional groups attached to an aromatic ring is 2. The van der Waals surface area contributed by atoms with Crippen molar-refractivity contribution < 1.29 is 19.5 Å². The van der Waals surface area contributed by atoms with Crippen LogP contribution in [0.25, 0.3) is 5.76 Å². The molecule has 0 atom stereocenters. The van der Waals surface area contributed by atoms with Crippen LogP contribution in [-0.2, 0) is 0 Å². The van der Waals surface area contributed by atoms with Crippen LogP contribution in [0.3, 0.4) is 0 Å². The van der Waals surface area contributed by atoms with Crippen molar-refractivity contribution in [3.8, 4) is 0 Å². The standard InChI is InChI=1S/C23H16N2O4/c24-12-6-8-14-18(10-12)22(28)16(20(14)26)4-2-1-3-5-17-21(27)15-9-7-13(25)11-19(15)23(17)29/h1-11,28H,24-25H2/p-1. The Morgan fingerprint density at radius 1 is 0.690 bits per heavy atom. The molecule has 0 fully saturated rings. The quantitative estimate of drug-likeness (QED) is 0.362. The number of hydrogen-bond acceptors (Lipinski definition) is 6. The van der Waals surface area contributed by atoms with Gasteiger partial charge in [0.05, 0.1) is 5.57 Å². The summed E-state index contributed by atoms with van der Waals surface area (Å²) in [6.07, 6.45) is 7.36. The van der Waals surface area contributed by atoms with Gasteiger partial charge < -0.3 is 16.6 Å². The molecular formula is C23H15N2O4-. The van der Waals surface area contributed by atoms with Crippen LogP contribution in [0.4, 0.5) is 11.4 Å². The number of carbonyl (C=O) groups is 3. The molecule has 0 radical (unpaired) electrons. The van der Waals surface area contributed by atoms with Crippen LogP contribution in [0.1, 0.15) is 36.6 Å². The summed E-state index contributed by atoms with van der Waals surface area (Å²) in [5.74, 6) is -1.48. The van der Waals surface area contributed by atoms with Crippen molar-refractivity contribution in [2.24, 2.45) is 0 Å². The summed E-state index contributed by atoms with van der Waals surface area (Å²) in [5, 5.41) is 12.4. The maximum absolute atomic E-state index is 12.4. The first kappa shape index (κ1) is 18.2. The Hall–Kier alpha value is -4.19. The highest BCUT2D eigenvalue weighted by atomic mass is 16.3. The predicted octanol–water partition coefficient (Wildman–Crippen LogP) is 2.24. The van der Waals surface area contributed by atoms with Gasteiger partial charge in [-0.2, -0.15) is 0 Å². The first-order chi connectivity index (χ1) is 13.9. The molecule has 0 amide bonds. The van der Waals surface area contributed by atoms with Gasteiger partial charge in [0.25, 0.3) is 0 Å². The van der Waals surface area contributed by atoms with E-state index in [0.29, 0.717) is 33.6 Å². The molecule has 0 aliphatic heterocycles. The molecule has 6 heteroatoms. The van der Waals surface area contributed by atoms with Crippen molar-refractivity contribution >= 4 is 34.5 Å². The molecule has 0 bridgehead atoms. The summed E-state index contributed by atoms with van der Waals surface area (Å²) in [6, 6.07) is 9.19. The smallest absolute Gasteiger partial charge is 0.197 e. The largest absolute Gasteiger partial charge is 0.872 e. The van der Waals surface area contributed by atoms with E-state index in [2.05, 4.69) is 0 Å². The second-order valence-corrected chi connectivity index (χ2v) is 6.66. The van der Waals surface area contributed by atoms with E-state index in [1.165, 1.54) is 54.6 Å². The van der Waals surface area contributed by atoms with Crippen LogP contribution in [0, 0.1) is 0 Å². The Labute approximate surface area is 166 Å². The first-order valence-electron chi connectivity index (χ1n) is 8.78. The van der Waals surface area contributed by atoms with E-state index < -0.39 is 0 Å². The number of carbonyl (C=O) groups excluding carboxylic acids is 3. The van der Waals surface area contributed by atoms with Gasteiger partial charge in [-0.1, -0.05) is 30.1 Å². The van der Waals surface area contributed by atoms with E-state index in [-0.39, 0.29) is 34.3 Å². The van der Waals surface area contributed by atoms with E-state index in [1.807, 2.05) is 0 Å². The fourth-order valence-corrected chi connectivity index (χ4v) is 3.35. The number of hydrogen-bond donors (Lipinski definition) is 2. The fraction of sp³-hybridized carbons (Fsp3) is 0. The first-order valence-corrected chi connectivity index (χ1v) is 8.78. The lowest BCUT2D eigenvalue weighted by Gasteiger charge is -2.09. The van der Waals surface area contributed by atoms with E-state index in [9.17, 15) is 19.5 Å². The number of nitrogens with two attached hydrogens (primary N) is 2. The Morgan fingerprint density at radius 2 is 1.28 bits per heavy atom. The number of fused-ring (bicyclic) bond motifs is 2. The SMILES string of the molecule is Nc1ccc2c(c1)C(=O)C(=CC=CC=CC1=C([O-])c3cc(N)ccc3C1=O)C2=O. The van der Waals surface area contributed by atoms with Crippen LogP contribution in [0.2, 0.25) is 0 Å². The third-order valence-electron chi connectivity index (χ3n) is 4.79. The Bertz CT molecular complexity index is 1230. The molecule has 29 heavy (non-hydrogen) atoms. The van der Waals surface area contributed by atoms with E-state index in [0.717, 1.165) is 0 Å². The van der Waals surface area contributed by atoms with Crippen LogP contribution < -0.4 is 16.6 Å². The summed E-state index contributed by atoms with van der Waals surface area (Å²) in [5.41, 5.74) is 13.5. The average molecular weight is 383 g/mol. The fourth-order valence-electron chi connectivity index (χ4n) is 3.35. The number of anilines is 2. The zero-order valence-corrected chi connectivity index (χ0v) is 15.1. The zero-order chi connectivity index (χ0) is 20.7. The van der Waals surface area contributed by atoms with Crippen molar-refractivity contribution in [1.82, 2.24) is 0 Å². The molecule has 4 N–H and O–H groups in total. The van der Waals surface area contributed by atoms with Gasteiger partial charge in [-0.15, -0.1) is 0 Å². The zero-order valence-electron chi connectivity index (χ0n) is 15.1. The third-order valence-corrected chi connectivity index (χ3v) is 4.79. The topological polar surface area (TPSA) is 126 Å². The van der Waals surface area contributed by atoms with Gasteiger partial charge in [-0.3, -0.25) is 14.4 Å². The Morgan fingerprint density at radius 3 is 1.97 bits per heavy atom. The minimum absolute atomic E-state index is 0.0406. The lowest BCUT2D eigenvalue weighted by Crippen LogP contribution is -2.02. The van der Waals surface area contributed by atoms with Crippen LogP contribution in [0.15, 0.2) is 77.9 Å². The van der Waals surface area contributed by atoms with Crippen molar-refractivity contribution in [2.75, 3.05) is 11.5 Å². The summed E-state index contributed by atoms with van der Waals surface area (Å²) in [4.78, 5) is 37.1. The monoisotopic (exact) mass is 383 g/mol. The molecule has 142 valence electrons. The minimum Gasteiger partial charge on any atom is -0.872 e. The lowest BCUT2D eigenvalue weighted by molar-refractivity contribution is -0.244. The van der Waals surface area contributed by atoms with Gasteiger partial charge in [0.2, 0.25) is 0 Å². The van der Waals surface area contributed by atoms with Crippen LogP contribution in [-0.4, -0.2) is 17.3 Å². The van der Waals surface area contributed by atoms with Gasteiger partial charge >= 0.3 is 0 Å². The van der Waals surface area contributed by atoms with Crippen molar-refractivity contribution in [3.63, 3.8) is 0 Å². The van der Waals surface area contributed by atoms with Gasteiger partial charge in [0.1, 0.15) is 0 Å². The molecule has 2 aliphatic carbocycles. The molecule has 2 aliphatic rings. The molecule has 4 rings (SSSR count). The summed E-state index contributed by atoms with van der Waals surface area (Å²) in [6.45, 7) is 0. The Balaban J connectivity index is 1.53. The van der Waals surface area contributed by atoms with Gasteiger partial charge in [0, 0.05) is 33.6 Å². The molecular weight excluding hydrogens is 368 g/mol. The van der Waals surface area contributed by atoms with Gasteiger partial charge in [0.15, 0.2) is 17.3 Å². The van der Waals surface area contributed by atoms with Crippen molar-refractivity contribution in [2.45, 2.75) is 0 Å². The van der Waals surface area contributed by atoms with E-state index >= 15 is 0 Å². The average Bonchev–Trinajstić information content (AvgIpc) is 3.07. The maximum atomic E-state index is 12.4. The number of benzene rings is 2. The van der Waals surface area contributed by atoms with Crippen LogP contribution in [0.5, 0.6) is 0 Å². The van der Waals surface area contributed by atoms with E-state index in [1.54, 1.807) is 12.1 Å². The molecule has 0 saturated heterocycles. The minimum atomic E-state index is -0.380. The summed E-state index contributed by atoms with van der Waals surface area (Å²) in [7, 11) is 0. The second kappa shape index (κ2) is 6.76. The molecule has 6 nitrogen and oxygen atoms in total. The van der Waals surface area contributed by atoms with Gasteiger partial charge in [-0.25, -0.2) is 0 Å². The lowest BCUT2D eigenvalue weighted by atomic mass is 10.1. The van der Waals surface area contributed by atoms with Crippen molar-refractivity contribution in [3.05, 3.63) is 100 Å². The highest BCUT2D eigenvalue weighted by molar-refractivity contribution is 6.39.